The lowest BCUT2D eigenvalue weighted by Crippen LogP contribution is -2.20. The molecule has 1 saturated heterocycles. The van der Waals surface area contributed by atoms with Crippen LogP contribution in [0.5, 0.6) is 0 Å². The number of hydrogen-bond acceptors (Lipinski definition) is 6. The van der Waals surface area contributed by atoms with Crippen molar-refractivity contribution in [1.82, 2.24) is 20.0 Å². The van der Waals surface area contributed by atoms with Crippen LogP contribution in [-0.4, -0.2) is 26.6 Å². The van der Waals surface area contributed by atoms with Crippen LogP contribution in [-0.2, 0) is 18.2 Å². The zero-order chi connectivity index (χ0) is 23.4. The van der Waals surface area contributed by atoms with Crippen molar-refractivity contribution >= 4 is 32.2 Å². The van der Waals surface area contributed by atoms with E-state index in [9.17, 15) is 10.1 Å². The molecule has 0 radical (unpaired) electrons. The molecule has 0 aliphatic carbocycles. The Balaban J connectivity index is 1.68. The fourth-order valence-electron chi connectivity index (χ4n) is 4.76. The van der Waals surface area contributed by atoms with Gasteiger partial charge in [0, 0.05) is 34.5 Å². The van der Waals surface area contributed by atoms with E-state index in [1.807, 2.05) is 61.2 Å². The highest BCUT2D eigenvalue weighted by molar-refractivity contribution is 7.22. The Morgan fingerprint density at radius 3 is 2.79 bits per heavy atom. The van der Waals surface area contributed by atoms with Gasteiger partial charge < -0.3 is 4.74 Å². The molecule has 1 unspecified atom stereocenters. The zero-order valence-corrected chi connectivity index (χ0v) is 19.6. The Labute approximate surface area is 199 Å². The third-order valence-electron chi connectivity index (χ3n) is 6.57. The number of ether oxygens (including phenoxy) is 1. The maximum atomic E-state index is 12.6. The Hall–Kier alpha value is -3.80. The van der Waals surface area contributed by atoms with Gasteiger partial charge in [-0.15, -0.1) is 11.3 Å². The molecule has 1 aliphatic heterocycles. The normalized spacial score (nSPS) is 15.5. The summed E-state index contributed by atoms with van der Waals surface area (Å²) in [6.07, 6.45) is 3.35. The number of fused-ring (bicyclic) bond motifs is 2. The Morgan fingerprint density at radius 1 is 1.24 bits per heavy atom. The number of rotatable bonds is 4. The number of benzene rings is 2. The monoisotopic (exact) mass is 467 g/mol. The van der Waals surface area contributed by atoms with E-state index in [0.717, 1.165) is 54.8 Å². The molecule has 3 aromatic heterocycles. The Kier molecular flexibility index (Phi) is 4.83. The predicted molar refractivity (Wildman–Crippen MR) is 133 cm³/mol. The van der Waals surface area contributed by atoms with Crippen molar-refractivity contribution < 1.29 is 4.74 Å². The van der Waals surface area contributed by atoms with Crippen molar-refractivity contribution in [3.05, 3.63) is 69.8 Å². The van der Waals surface area contributed by atoms with Crippen molar-refractivity contribution in [2.75, 3.05) is 6.61 Å². The second-order valence-electron chi connectivity index (χ2n) is 8.43. The van der Waals surface area contributed by atoms with E-state index in [2.05, 4.69) is 21.4 Å². The van der Waals surface area contributed by atoms with E-state index in [1.165, 1.54) is 0 Å². The van der Waals surface area contributed by atoms with Crippen LogP contribution in [0.3, 0.4) is 0 Å². The van der Waals surface area contributed by atoms with Crippen molar-refractivity contribution in [3.8, 4) is 27.8 Å². The number of H-pyrrole nitrogens is 1. The summed E-state index contributed by atoms with van der Waals surface area (Å²) in [6, 6.07) is 14.4. The molecule has 0 bridgehead atoms. The topological polar surface area (TPSA) is 96.6 Å². The third kappa shape index (κ3) is 3.01. The van der Waals surface area contributed by atoms with Crippen LogP contribution in [0.4, 0.5) is 0 Å². The van der Waals surface area contributed by atoms with E-state index in [4.69, 9.17) is 4.74 Å². The maximum Gasteiger partial charge on any atom is 0.272 e. The molecule has 1 N–H and O–H groups in total. The van der Waals surface area contributed by atoms with Crippen molar-refractivity contribution in [2.45, 2.75) is 25.9 Å². The van der Waals surface area contributed by atoms with Crippen LogP contribution in [0.25, 0.3) is 42.6 Å². The van der Waals surface area contributed by atoms with Gasteiger partial charge in [-0.1, -0.05) is 25.1 Å². The first-order valence-electron chi connectivity index (χ1n) is 11.2. The van der Waals surface area contributed by atoms with Crippen molar-refractivity contribution in [3.63, 3.8) is 0 Å². The molecule has 7 nitrogen and oxygen atoms in total. The number of thiophene rings is 1. The van der Waals surface area contributed by atoms with Crippen LogP contribution < -0.4 is 5.56 Å². The predicted octanol–water partition coefficient (Wildman–Crippen LogP) is 5.10. The molecule has 0 amide bonds. The molecule has 168 valence electrons. The quantitative estimate of drug-likeness (QED) is 0.397. The van der Waals surface area contributed by atoms with Crippen molar-refractivity contribution in [2.24, 2.45) is 7.05 Å². The average molecular weight is 468 g/mol. The van der Waals surface area contributed by atoms with E-state index in [-0.39, 0.29) is 11.7 Å². The lowest BCUT2D eigenvalue weighted by molar-refractivity contribution is -0.0522. The highest BCUT2D eigenvalue weighted by atomic mass is 32.1. The summed E-state index contributed by atoms with van der Waals surface area (Å²) in [5.41, 5.74) is 5.01. The summed E-state index contributed by atoms with van der Waals surface area (Å²) in [4.78, 5) is 13.5. The average Bonchev–Trinajstić information content (AvgIpc) is 3.37. The van der Waals surface area contributed by atoms with Gasteiger partial charge in [-0.2, -0.15) is 15.5 Å². The molecule has 4 heterocycles. The second-order valence-corrected chi connectivity index (χ2v) is 9.48. The summed E-state index contributed by atoms with van der Waals surface area (Å²) in [6.45, 7) is 2.72. The summed E-state index contributed by atoms with van der Waals surface area (Å²) in [7, 11) is 1.90. The van der Waals surface area contributed by atoms with Gasteiger partial charge in [-0.3, -0.25) is 9.48 Å². The van der Waals surface area contributed by atoms with Crippen LogP contribution in [0, 0.1) is 11.3 Å². The van der Waals surface area contributed by atoms with Crippen LogP contribution >= 0.6 is 11.3 Å². The minimum Gasteiger partial charge on any atom is -0.373 e. The number of aromatic nitrogens is 4. The molecule has 1 atom stereocenters. The number of aromatic amines is 1. The molecule has 5 aromatic rings. The standard InChI is InChI=1S/C26H21N5O2S/c1-3-21-16-10-15(17(22-8-9-33-22)11-18(16)26(32)30-29-21)20-13-28-31(2)24(20)25-19(12-27)14-6-4-5-7-23(14)34-25/h4-7,10-11,13,22H,3,8-9H2,1-2H3,(H,30,32). The second kappa shape index (κ2) is 7.90. The number of nitrogens with one attached hydrogen (secondary N) is 1. The lowest BCUT2D eigenvalue weighted by Gasteiger charge is -2.29. The number of nitrogens with zero attached hydrogens (tertiary/aromatic N) is 4. The van der Waals surface area contributed by atoms with Gasteiger partial charge in [-0.05, 0) is 35.7 Å². The number of aryl methyl sites for hydroxylation is 2. The van der Waals surface area contributed by atoms with Gasteiger partial charge in [0.15, 0.2) is 0 Å². The summed E-state index contributed by atoms with van der Waals surface area (Å²) < 4.78 is 8.75. The molecule has 0 saturated carbocycles. The van der Waals surface area contributed by atoms with Crippen LogP contribution in [0.2, 0.25) is 0 Å². The molecule has 6 rings (SSSR count). The third-order valence-corrected chi connectivity index (χ3v) is 7.75. The smallest absolute Gasteiger partial charge is 0.272 e. The lowest BCUT2D eigenvalue weighted by atomic mass is 9.89. The van der Waals surface area contributed by atoms with Crippen LogP contribution in [0.15, 0.2) is 47.4 Å². The van der Waals surface area contributed by atoms with Gasteiger partial charge in [0.05, 0.1) is 46.1 Å². The van der Waals surface area contributed by atoms with Crippen molar-refractivity contribution in [1.29, 1.82) is 5.26 Å². The number of nitriles is 1. The highest BCUT2D eigenvalue weighted by Crippen LogP contribution is 2.45. The number of hydrogen-bond donors (Lipinski definition) is 1. The van der Waals surface area contributed by atoms with E-state index in [0.29, 0.717) is 24.0 Å². The van der Waals surface area contributed by atoms with Gasteiger partial charge >= 0.3 is 0 Å². The van der Waals surface area contributed by atoms with Gasteiger partial charge in [0.2, 0.25) is 0 Å². The fraction of sp³-hybridized carbons (Fsp3) is 0.231. The fourth-order valence-corrected chi connectivity index (χ4v) is 6.00. The molecule has 0 spiro atoms. The molecule has 34 heavy (non-hydrogen) atoms. The summed E-state index contributed by atoms with van der Waals surface area (Å²) in [5.74, 6) is 0. The van der Waals surface area contributed by atoms with Gasteiger partial charge in [-0.25, -0.2) is 5.10 Å². The molecular weight excluding hydrogens is 446 g/mol. The highest BCUT2D eigenvalue weighted by Gasteiger charge is 2.28. The van der Waals surface area contributed by atoms with E-state index in [1.54, 1.807) is 11.3 Å². The first-order valence-corrected chi connectivity index (χ1v) is 12.0. The minimum atomic E-state index is -0.206. The van der Waals surface area contributed by atoms with Gasteiger partial charge in [0.1, 0.15) is 6.07 Å². The largest absolute Gasteiger partial charge is 0.373 e. The maximum absolute atomic E-state index is 12.6. The molecule has 1 fully saturated rings. The molecular formula is C26H21N5O2S. The molecule has 8 heteroatoms. The minimum absolute atomic E-state index is 0.0806. The molecule has 1 aliphatic rings. The summed E-state index contributed by atoms with van der Waals surface area (Å²) in [5, 5.41) is 23.9. The first kappa shape index (κ1) is 20.8. The zero-order valence-electron chi connectivity index (χ0n) is 18.8. The van der Waals surface area contributed by atoms with E-state index >= 15 is 0 Å². The van der Waals surface area contributed by atoms with Gasteiger partial charge in [0.25, 0.3) is 5.56 Å². The first-order chi connectivity index (χ1) is 16.6. The Morgan fingerprint density at radius 2 is 2.06 bits per heavy atom. The summed E-state index contributed by atoms with van der Waals surface area (Å²) >= 11 is 1.60. The molecule has 2 aromatic carbocycles. The Bertz CT molecular complexity index is 1680. The SMILES string of the molecule is CCc1n[nH]c(=O)c2cc(C3CCO3)c(-c3cnn(C)c3-c3sc4ccccc4c3C#N)cc12. The van der Waals surface area contributed by atoms with E-state index < -0.39 is 0 Å². The van der Waals surface area contributed by atoms with Crippen LogP contribution in [0.1, 0.15) is 36.3 Å².